The van der Waals surface area contributed by atoms with Crippen LogP contribution in [0.4, 0.5) is 0 Å². The second-order valence-electron chi connectivity index (χ2n) is 9.07. The monoisotopic (exact) mass is 582 g/mol. The second kappa shape index (κ2) is 14.6. The fourth-order valence-corrected chi connectivity index (χ4v) is 4.74. The molecule has 1 fully saturated rings. The van der Waals surface area contributed by atoms with E-state index in [1.807, 2.05) is 30.3 Å². The van der Waals surface area contributed by atoms with Crippen molar-refractivity contribution in [3.63, 3.8) is 0 Å². The Labute approximate surface area is 237 Å². The molecule has 1 heterocycles. The summed E-state index contributed by atoms with van der Waals surface area (Å²) < 4.78 is 40.5. The van der Waals surface area contributed by atoms with Crippen LogP contribution < -0.4 is 5.32 Å². The molecule has 0 aromatic heterocycles. The van der Waals surface area contributed by atoms with Crippen molar-refractivity contribution in [3.05, 3.63) is 108 Å². The Kier molecular flexibility index (Phi) is 10.7. The first-order valence-corrected chi connectivity index (χ1v) is 13.8. The van der Waals surface area contributed by atoms with Gasteiger partial charge < -0.3 is 24.3 Å². The van der Waals surface area contributed by atoms with Crippen LogP contribution in [-0.4, -0.2) is 60.0 Å². The third kappa shape index (κ3) is 8.50. The molecule has 0 aliphatic carbocycles. The smallest absolute Gasteiger partial charge is 0.459 e. The summed E-state index contributed by atoms with van der Waals surface area (Å²) >= 11 is 0. The molecule has 0 bridgehead atoms. The highest BCUT2D eigenvalue weighted by Gasteiger charge is 2.54. The van der Waals surface area contributed by atoms with Gasteiger partial charge in [0.15, 0.2) is 18.5 Å². The summed E-state index contributed by atoms with van der Waals surface area (Å²) in [6.07, 6.45) is -5.28. The Morgan fingerprint density at radius 2 is 1.41 bits per heavy atom. The lowest BCUT2D eigenvalue weighted by Crippen LogP contribution is -2.66. The van der Waals surface area contributed by atoms with E-state index in [0.717, 1.165) is 5.56 Å². The zero-order chi connectivity index (χ0) is 29.2. The molecule has 1 amide bonds. The van der Waals surface area contributed by atoms with Crippen LogP contribution in [0.25, 0.3) is 0 Å². The Morgan fingerprint density at radius 1 is 0.854 bits per heavy atom. The van der Waals surface area contributed by atoms with Gasteiger partial charge in [0.2, 0.25) is 5.91 Å². The number of carbonyl (C=O) groups is 3. The number of esters is 2. The van der Waals surface area contributed by atoms with E-state index in [1.54, 1.807) is 48.5 Å². The van der Waals surface area contributed by atoms with Gasteiger partial charge >= 0.3 is 20.2 Å². The fraction of sp³-hybridized carbons (Fsp3) is 0.276. The summed E-state index contributed by atoms with van der Waals surface area (Å²) in [6, 6.07) is 24.2. The van der Waals surface area contributed by atoms with E-state index in [9.17, 15) is 23.8 Å². The van der Waals surface area contributed by atoms with E-state index in [1.165, 1.54) is 19.1 Å². The first kappa shape index (κ1) is 30.0. The summed E-state index contributed by atoms with van der Waals surface area (Å²) in [7, 11) is -3.24. The molecule has 0 spiro atoms. The van der Waals surface area contributed by atoms with Crippen LogP contribution in [-0.2, 0) is 39.4 Å². The zero-order valence-electron chi connectivity index (χ0n) is 22.0. The Morgan fingerprint density at radius 3 is 1.98 bits per heavy atom. The van der Waals surface area contributed by atoms with Gasteiger partial charge in [0.1, 0.15) is 18.8 Å². The number of hydrogen-bond acceptors (Lipinski definition) is 9. The molecule has 4 rings (SSSR count). The Bertz CT molecular complexity index is 1330. The number of ether oxygens (including phenoxy) is 4. The average Bonchev–Trinajstić information content (AvgIpc) is 2.98. The molecule has 1 aliphatic heterocycles. The van der Waals surface area contributed by atoms with Gasteiger partial charge in [-0.1, -0.05) is 66.7 Å². The molecule has 11 nitrogen and oxygen atoms in total. The molecule has 12 heteroatoms. The van der Waals surface area contributed by atoms with E-state index >= 15 is 0 Å². The standard InChI is InChI=1S/C29H28NO10P/c1-19(31)30-24-26(39-28(33)22-15-9-4-10-16-22)25(40-41(34)35)23(18-36-27(32)21-13-7-3-8-14-21)38-29(24)37-17-20-11-5-2-6-12-20/h2-16,23-26,29H,17-18H2,1H3,(H-,30,31,34,35)/p+1/t23-,24-,25-,26-,29+/m1/s1. The van der Waals surface area contributed by atoms with Crippen molar-refractivity contribution in [2.75, 3.05) is 6.61 Å². The van der Waals surface area contributed by atoms with E-state index in [4.69, 9.17) is 23.5 Å². The highest BCUT2D eigenvalue weighted by molar-refractivity contribution is 7.32. The average molecular weight is 583 g/mol. The molecule has 0 radical (unpaired) electrons. The van der Waals surface area contributed by atoms with Crippen LogP contribution >= 0.6 is 8.25 Å². The van der Waals surface area contributed by atoms with Gasteiger partial charge in [-0.2, -0.15) is 0 Å². The summed E-state index contributed by atoms with van der Waals surface area (Å²) in [4.78, 5) is 47.7. The largest absolute Gasteiger partial charge is 0.695 e. The van der Waals surface area contributed by atoms with Crippen molar-refractivity contribution in [2.45, 2.75) is 44.2 Å². The number of hydrogen-bond donors (Lipinski definition) is 2. The summed E-state index contributed by atoms with van der Waals surface area (Å²) in [5.74, 6) is -1.96. The van der Waals surface area contributed by atoms with Crippen molar-refractivity contribution in [3.8, 4) is 0 Å². The van der Waals surface area contributed by atoms with E-state index in [-0.39, 0.29) is 17.7 Å². The molecule has 6 atom stereocenters. The highest BCUT2D eigenvalue weighted by atomic mass is 31.1. The van der Waals surface area contributed by atoms with Gasteiger partial charge in [-0.3, -0.25) is 4.79 Å². The summed E-state index contributed by atoms with van der Waals surface area (Å²) in [6.45, 7) is 0.858. The van der Waals surface area contributed by atoms with Crippen molar-refractivity contribution >= 4 is 26.1 Å². The minimum absolute atomic E-state index is 0.0528. The topological polar surface area (TPSA) is 147 Å². The SMILES string of the molecule is CC(=O)N[C@H]1[C@@H](OCc2ccccc2)O[C@H](COC(=O)c2ccccc2)[C@@H](O[P+](=O)O)[C@@H]1OC(=O)c1ccccc1. The van der Waals surface area contributed by atoms with Crippen LogP contribution in [0.2, 0.25) is 0 Å². The molecule has 1 saturated heterocycles. The zero-order valence-corrected chi connectivity index (χ0v) is 22.9. The van der Waals surface area contributed by atoms with Crippen LogP contribution in [0.5, 0.6) is 0 Å². The number of carbonyl (C=O) groups excluding carboxylic acids is 3. The Hall–Kier alpha value is -3.99. The van der Waals surface area contributed by atoms with Crippen molar-refractivity contribution in [1.82, 2.24) is 5.32 Å². The molecule has 2 N–H and O–H groups in total. The van der Waals surface area contributed by atoms with E-state index < -0.39 is 63.4 Å². The molecule has 1 aliphatic rings. The fourth-order valence-electron chi connectivity index (χ4n) is 4.27. The minimum Gasteiger partial charge on any atom is -0.459 e. The number of benzene rings is 3. The molecular formula is C29H29NO10P+. The highest BCUT2D eigenvalue weighted by Crippen LogP contribution is 2.33. The number of rotatable bonds is 11. The maximum Gasteiger partial charge on any atom is 0.695 e. The normalized spacial score (nSPS) is 22.3. The van der Waals surface area contributed by atoms with Gasteiger partial charge in [0.25, 0.3) is 0 Å². The molecule has 1 unspecified atom stereocenters. The van der Waals surface area contributed by atoms with Crippen LogP contribution in [0.15, 0.2) is 91.0 Å². The third-order valence-corrected chi connectivity index (χ3v) is 6.55. The molecule has 41 heavy (non-hydrogen) atoms. The predicted octanol–water partition coefficient (Wildman–Crippen LogP) is 3.55. The van der Waals surface area contributed by atoms with E-state index in [0.29, 0.717) is 0 Å². The van der Waals surface area contributed by atoms with Crippen LogP contribution in [0.3, 0.4) is 0 Å². The van der Waals surface area contributed by atoms with Gasteiger partial charge in [0.05, 0.1) is 17.7 Å². The van der Waals surface area contributed by atoms with Gasteiger partial charge in [-0.15, -0.1) is 9.42 Å². The molecule has 214 valence electrons. The van der Waals surface area contributed by atoms with Crippen LogP contribution in [0.1, 0.15) is 33.2 Å². The van der Waals surface area contributed by atoms with Gasteiger partial charge in [-0.05, 0) is 29.8 Å². The summed E-state index contributed by atoms with van der Waals surface area (Å²) in [5, 5.41) is 2.66. The molecule has 3 aromatic carbocycles. The van der Waals surface area contributed by atoms with Crippen molar-refractivity contribution < 1.29 is 47.3 Å². The Balaban J connectivity index is 1.65. The maximum absolute atomic E-state index is 13.1. The van der Waals surface area contributed by atoms with Crippen LogP contribution in [0, 0.1) is 0 Å². The number of nitrogens with one attached hydrogen (secondary N) is 1. The molecule has 0 saturated carbocycles. The van der Waals surface area contributed by atoms with Crippen molar-refractivity contribution in [2.24, 2.45) is 0 Å². The maximum atomic E-state index is 13.1. The van der Waals surface area contributed by atoms with Crippen molar-refractivity contribution in [1.29, 1.82) is 0 Å². The lowest BCUT2D eigenvalue weighted by atomic mass is 9.96. The first-order valence-electron chi connectivity index (χ1n) is 12.7. The molecular weight excluding hydrogens is 553 g/mol. The van der Waals surface area contributed by atoms with E-state index in [2.05, 4.69) is 5.32 Å². The summed E-state index contributed by atoms with van der Waals surface area (Å²) in [5.41, 5.74) is 1.26. The lowest BCUT2D eigenvalue weighted by Gasteiger charge is -2.43. The number of amides is 1. The first-order chi connectivity index (χ1) is 19.8. The van der Waals surface area contributed by atoms with Gasteiger partial charge in [-0.25, -0.2) is 9.59 Å². The molecule has 3 aromatic rings. The second-order valence-corrected chi connectivity index (χ2v) is 9.76. The van der Waals surface area contributed by atoms with Gasteiger partial charge in [0, 0.05) is 11.5 Å². The third-order valence-electron chi connectivity index (χ3n) is 6.13. The minimum atomic E-state index is -3.24. The lowest BCUT2D eigenvalue weighted by molar-refractivity contribution is -0.268. The predicted molar refractivity (Wildman–Crippen MR) is 145 cm³/mol. The quantitative estimate of drug-likeness (QED) is 0.254.